The molecule has 0 unspecified atom stereocenters. The van der Waals surface area contributed by atoms with E-state index in [1.54, 1.807) is 12.1 Å². The van der Waals surface area contributed by atoms with Crippen LogP contribution in [0.1, 0.15) is 17.3 Å². The molecule has 2 aromatic carbocycles. The van der Waals surface area contributed by atoms with Crippen molar-refractivity contribution >= 4 is 17.3 Å². The molecule has 0 atom stereocenters. The highest BCUT2D eigenvalue weighted by atomic mass is 19.1. The zero-order chi connectivity index (χ0) is 14.7. The fourth-order valence-corrected chi connectivity index (χ4v) is 1.98. The minimum absolute atomic E-state index is 0.0702. The Labute approximate surface area is 116 Å². The van der Waals surface area contributed by atoms with Crippen LogP contribution in [0, 0.1) is 5.82 Å². The van der Waals surface area contributed by atoms with E-state index < -0.39 is 5.82 Å². The highest BCUT2D eigenvalue weighted by Crippen LogP contribution is 2.23. The Bertz CT molecular complexity index is 644. The fraction of sp³-hybridized carbons (Fsp3) is 0.133. The van der Waals surface area contributed by atoms with E-state index in [0.29, 0.717) is 12.2 Å². The molecule has 3 N–H and O–H groups in total. The Morgan fingerprint density at radius 2 is 2.05 bits per heavy atom. The van der Waals surface area contributed by atoms with Crippen molar-refractivity contribution in [3.05, 3.63) is 53.8 Å². The van der Waals surface area contributed by atoms with Crippen LogP contribution in [0.5, 0.6) is 5.75 Å². The molecule has 104 valence electrons. The molecule has 0 bridgehead atoms. The quantitative estimate of drug-likeness (QED) is 0.846. The number of amides is 1. The average Bonchev–Trinajstić information content (AvgIpc) is 2.39. The molecule has 0 aliphatic rings. The summed E-state index contributed by atoms with van der Waals surface area (Å²) < 4.78 is 13.0. The van der Waals surface area contributed by atoms with E-state index in [2.05, 4.69) is 0 Å². The molecule has 0 aromatic heterocycles. The van der Waals surface area contributed by atoms with Gasteiger partial charge in [0.2, 0.25) is 0 Å². The van der Waals surface area contributed by atoms with Gasteiger partial charge in [0.15, 0.2) is 0 Å². The Hall–Kier alpha value is -2.56. The number of nitrogen functional groups attached to an aromatic ring is 1. The van der Waals surface area contributed by atoms with Gasteiger partial charge in [0, 0.05) is 24.0 Å². The van der Waals surface area contributed by atoms with Crippen molar-refractivity contribution in [3.63, 3.8) is 0 Å². The topological polar surface area (TPSA) is 66.6 Å². The molecule has 0 spiro atoms. The van der Waals surface area contributed by atoms with Crippen LogP contribution in [-0.2, 0) is 0 Å². The molecule has 0 saturated carbocycles. The summed E-state index contributed by atoms with van der Waals surface area (Å²) in [5, 5.41) is 9.49. The molecule has 0 aliphatic carbocycles. The van der Waals surface area contributed by atoms with E-state index in [4.69, 9.17) is 5.73 Å². The molecular weight excluding hydrogens is 259 g/mol. The van der Waals surface area contributed by atoms with Crippen molar-refractivity contribution in [2.45, 2.75) is 6.92 Å². The lowest BCUT2D eigenvalue weighted by Gasteiger charge is -2.22. The minimum Gasteiger partial charge on any atom is -0.508 e. The van der Waals surface area contributed by atoms with Gasteiger partial charge in [-0.1, -0.05) is 6.07 Å². The number of nitrogens with zero attached hydrogens (tertiary/aromatic N) is 1. The van der Waals surface area contributed by atoms with Gasteiger partial charge in [-0.25, -0.2) is 4.39 Å². The summed E-state index contributed by atoms with van der Waals surface area (Å²) in [4.78, 5) is 13.9. The predicted octanol–water partition coefficient (Wildman–Crippen LogP) is 2.78. The first kappa shape index (κ1) is 13.9. The first-order valence-corrected chi connectivity index (χ1v) is 6.19. The van der Waals surface area contributed by atoms with Gasteiger partial charge in [-0.15, -0.1) is 0 Å². The number of anilines is 2. The van der Waals surface area contributed by atoms with Gasteiger partial charge in [0.25, 0.3) is 5.91 Å². The largest absolute Gasteiger partial charge is 0.508 e. The van der Waals surface area contributed by atoms with Crippen molar-refractivity contribution in [1.29, 1.82) is 0 Å². The second-order valence-electron chi connectivity index (χ2n) is 4.30. The number of hydrogen-bond donors (Lipinski definition) is 2. The third kappa shape index (κ3) is 2.71. The molecule has 0 radical (unpaired) electrons. The lowest BCUT2D eigenvalue weighted by Crippen LogP contribution is -2.31. The number of rotatable bonds is 3. The number of nitrogens with two attached hydrogens (primary N) is 1. The van der Waals surface area contributed by atoms with Crippen molar-refractivity contribution in [3.8, 4) is 5.75 Å². The standard InChI is InChI=1S/C15H15FN2O2/c1-2-18(11-4-3-5-12(19)9-11)15(20)13-7-6-10(16)8-14(13)17/h3-9,19H,2,17H2,1H3. The zero-order valence-corrected chi connectivity index (χ0v) is 11.0. The fourth-order valence-electron chi connectivity index (χ4n) is 1.98. The number of carbonyl (C=O) groups excluding carboxylic acids is 1. The smallest absolute Gasteiger partial charge is 0.260 e. The number of halogens is 1. The van der Waals surface area contributed by atoms with Gasteiger partial charge < -0.3 is 15.7 Å². The molecule has 0 fully saturated rings. The van der Waals surface area contributed by atoms with E-state index >= 15 is 0 Å². The molecule has 1 amide bonds. The molecule has 5 heteroatoms. The Balaban J connectivity index is 2.39. The van der Waals surface area contributed by atoms with Crippen LogP contribution in [0.4, 0.5) is 15.8 Å². The second-order valence-corrected chi connectivity index (χ2v) is 4.30. The molecule has 0 saturated heterocycles. The number of phenolic OH excluding ortho intramolecular Hbond substituents is 1. The SMILES string of the molecule is CCN(C(=O)c1ccc(F)cc1N)c1cccc(O)c1. The van der Waals surface area contributed by atoms with E-state index in [1.165, 1.54) is 29.2 Å². The summed E-state index contributed by atoms with van der Waals surface area (Å²) in [6.07, 6.45) is 0. The summed E-state index contributed by atoms with van der Waals surface area (Å²) in [6.45, 7) is 2.21. The molecule has 4 nitrogen and oxygen atoms in total. The molecular formula is C15H15FN2O2. The zero-order valence-electron chi connectivity index (χ0n) is 11.0. The Morgan fingerprint density at radius 3 is 2.65 bits per heavy atom. The van der Waals surface area contributed by atoms with Crippen molar-refractivity contribution in [2.24, 2.45) is 0 Å². The van der Waals surface area contributed by atoms with Gasteiger partial charge >= 0.3 is 0 Å². The summed E-state index contributed by atoms with van der Waals surface area (Å²) in [7, 11) is 0. The third-order valence-corrected chi connectivity index (χ3v) is 2.95. The lowest BCUT2D eigenvalue weighted by molar-refractivity contribution is 0.0989. The molecule has 0 aliphatic heterocycles. The molecule has 2 rings (SSSR count). The van der Waals surface area contributed by atoms with E-state index in [-0.39, 0.29) is 22.9 Å². The normalized spacial score (nSPS) is 10.3. The maximum absolute atomic E-state index is 13.0. The van der Waals surface area contributed by atoms with Crippen LogP contribution in [0.3, 0.4) is 0 Å². The van der Waals surface area contributed by atoms with Gasteiger partial charge in [0.05, 0.1) is 5.56 Å². The summed E-state index contributed by atoms with van der Waals surface area (Å²) in [5.41, 5.74) is 6.57. The maximum Gasteiger partial charge on any atom is 0.260 e. The summed E-state index contributed by atoms with van der Waals surface area (Å²) in [5.74, 6) is -0.754. The highest BCUT2D eigenvalue weighted by molar-refractivity contribution is 6.09. The van der Waals surface area contributed by atoms with Crippen LogP contribution in [0.15, 0.2) is 42.5 Å². The van der Waals surface area contributed by atoms with Gasteiger partial charge in [-0.3, -0.25) is 4.79 Å². The van der Waals surface area contributed by atoms with Crippen LogP contribution in [0.2, 0.25) is 0 Å². The van der Waals surface area contributed by atoms with Gasteiger partial charge in [-0.2, -0.15) is 0 Å². The van der Waals surface area contributed by atoms with Crippen molar-refractivity contribution < 1.29 is 14.3 Å². The molecule has 0 heterocycles. The van der Waals surface area contributed by atoms with Crippen LogP contribution < -0.4 is 10.6 Å². The van der Waals surface area contributed by atoms with Gasteiger partial charge in [0.1, 0.15) is 11.6 Å². The number of aromatic hydroxyl groups is 1. The Morgan fingerprint density at radius 1 is 1.30 bits per heavy atom. The first-order chi connectivity index (χ1) is 9.52. The summed E-state index contributed by atoms with van der Waals surface area (Å²) >= 11 is 0. The lowest BCUT2D eigenvalue weighted by atomic mass is 10.1. The number of benzene rings is 2. The van der Waals surface area contributed by atoms with E-state index in [9.17, 15) is 14.3 Å². The third-order valence-electron chi connectivity index (χ3n) is 2.95. The van der Waals surface area contributed by atoms with Crippen molar-refractivity contribution in [1.82, 2.24) is 0 Å². The van der Waals surface area contributed by atoms with Crippen LogP contribution >= 0.6 is 0 Å². The average molecular weight is 274 g/mol. The molecule has 20 heavy (non-hydrogen) atoms. The number of hydrogen-bond acceptors (Lipinski definition) is 3. The minimum atomic E-state index is -0.487. The van der Waals surface area contributed by atoms with E-state index in [0.717, 1.165) is 6.07 Å². The number of carbonyl (C=O) groups is 1. The van der Waals surface area contributed by atoms with Gasteiger partial charge in [-0.05, 0) is 37.3 Å². The Kier molecular flexibility index (Phi) is 3.89. The highest BCUT2D eigenvalue weighted by Gasteiger charge is 2.19. The maximum atomic E-state index is 13.0. The van der Waals surface area contributed by atoms with E-state index in [1.807, 2.05) is 6.92 Å². The number of phenols is 1. The van der Waals surface area contributed by atoms with Crippen LogP contribution in [-0.4, -0.2) is 17.6 Å². The second kappa shape index (κ2) is 5.61. The van der Waals surface area contributed by atoms with Crippen molar-refractivity contribution in [2.75, 3.05) is 17.2 Å². The molecule has 2 aromatic rings. The van der Waals surface area contributed by atoms with Crippen LogP contribution in [0.25, 0.3) is 0 Å². The predicted molar refractivity (Wildman–Crippen MR) is 76.3 cm³/mol. The monoisotopic (exact) mass is 274 g/mol. The first-order valence-electron chi connectivity index (χ1n) is 6.19. The summed E-state index contributed by atoms with van der Waals surface area (Å²) in [6, 6.07) is 10.0.